The van der Waals surface area contributed by atoms with Crippen LogP contribution in [0.3, 0.4) is 0 Å². The number of halogens is 1. The zero-order valence-electron chi connectivity index (χ0n) is 11.0. The van der Waals surface area contributed by atoms with Gasteiger partial charge in [0, 0.05) is 10.5 Å². The second kappa shape index (κ2) is 5.11. The molecule has 0 aliphatic heterocycles. The summed E-state index contributed by atoms with van der Waals surface area (Å²) in [5, 5.41) is 3.50. The quantitative estimate of drug-likeness (QED) is 0.872. The van der Waals surface area contributed by atoms with Crippen LogP contribution < -0.4 is 5.32 Å². The van der Waals surface area contributed by atoms with Crippen LogP contribution >= 0.6 is 15.9 Å². The summed E-state index contributed by atoms with van der Waals surface area (Å²) in [6, 6.07) is 9.51. The predicted molar refractivity (Wildman–Crippen MR) is 77.4 cm³/mol. The van der Waals surface area contributed by atoms with Gasteiger partial charge in [0.15, 0.2) is 0 Å². The second-order valence-electron chi connectivity index (χ2n) is 5.12. The van der Waals surface area contributed by atoms with Crippen LogP contribution in [0.1, 0.15) is 44.6 Å². The molecule has 0 amide bonds. The Morgan fingerprint density at radius 3 is 2.59 bits per heavy atom. The smallest absolute Gasteiger partial charge is 0.0178 e. The average Bonchev–Trinajstić information content (AvgIpc) is 2.30. The Hall–Kier alpha value is -0.340. The van der Waals surface area contributed by atoms with Crippen LogP contribution in [-0.2, 0) is 0 Å². The Kier molecular flexibility index (Phi) is 3.94. The standard InChI is InChI=1S/C15H22BrN/c1-4-15(5-2)13(10-14(15)17-3)11-7-6-8-12(16)9-11/h6-9,13-14,17H,4-5,10H2,1-3H3. The van der Waals surface area contributed by atoms with E-state index in [1.165, 1.54) is 29.3 Å². The zero-order valence-corrected chi connectivity index (χ0v) is 12.5. The third-order valence-electron chi connectivity index (χ3n) is 4.78. The van der Waals surface area contributed by atoms with Gasteiger partial charge in [-0.1, -0.05) is 41.9 Å². The van der Waals surface area contributed by atoms with Gasteiger partial charge in [0.1, 0.15) is 0 Å². The summed E-state index contributed by atoms with van der Waals surface area (Å²) in [6.45, 7) is 4.66. The molecule has 1 aromatic rings. The van der Waals surface area contributed by atoms with Crippen LogP contribution in [0.2, 0.25) is 0 Å². The second-order valence-corrected chi connectivity index (χ2v) is 6.04. The van der Waals surface area contributed by atoms with Gasteiger partial charge in [0.25, 0.3) is 0 Å². The molecule has 0 spiro atoms. The van der Waals surface area contributed by atoms with Gasteiger partial charge in [0.05, 0.1) is 0 Å². The molecule has 2 unspecified atom stereocenters. The molecule has 1 N–H and O–H groups in total. The maximum Gasteiger partial charge on any atom is 0.0178 e. The van der Waals surface area contributed by atoms with E-state index >= 15 is 0 Å². The van der Waals surface area contributed by atoms with Gasteiger partial charge in [-0.3, -0.25) is 0 Å². The molecule has 1 aromatic carbocycles. The third-order valence-corrected chi connectivity index (χ3v) is 5.27. The van der Waals surface area contributed by atoms with E-state index < -0.39 is 0 Å². The molecule has 2 rings (SSSR count). The van der Waals surface area contributed by atoms with Gasteiger partial charge in [0.2, 0.25) is 0 Å². The highest BCUT2D eigenvalue weighted by atomic mass is 79.9. The number of benzene rings is 1. The minimum atomic E-state index is 0.454. The monoisotopic (exact) mass is 295 g/mol. The molecule has 0 heterocycles. The van der Waals surface area contributed by atoms with Crippen LogP contribution in [0.15, 0.2) is 28.7 Å². The summed E-state index contributed by atoms with van der Waals surface area (Å²) < 4.78 is 1.20. The molecular formula is C15H22BrN. The molecule has 94 valence electrons. The molecular weight excluding hydrogens is 274 g/mol. The average molecular weight is 296 g/mol. The topological polar surface area (TPSA) is 12.0 Å². The van der Waals surface area contributed by atoms with Gasteiger partial charge >= 0.3 is 0 Å². The number of rotatable bonds is 4. The minimum Gasteiger partial charge on any atom is -0.316 e. The Bertz CT molecular complexity index is 384. The minimum absolute atomic E-state index is 0.454. The number of hydrogen-bond donors (Lipinski definition) is 1. The van der Waals surface area contributed by atoms with Crippen molar-refractivity contribution in [3.8, 4) is 0 Å². The molecule has 0 radical (unpaired) electrons. The van der Waals surface area contributed by atoms with Crippen LogP contribution in [0.4, 0.5) is 0 Å². The zero-order chi connectivity index (χ0) is 12.5. The normalized spacial score (nSPS) is 26.6. The van der Waals surface area contributed by atoms with Crippen molar-refractivity contribution in [2.75, 3.05) is 7.05 Å². The highest BCUT2D eigenvalue weighted by molar-refractivity contribution is 9.10. The Morgan fingerprint density at radius 2 is 2.06 bits per heavy atom. The molecule has 17 heavy (non-hydrogen) atoms. The Morgan fingerprint density at radius 1 is 1.35 bits per heavy atom. The van der Waals surface area contributed by atoms with Crippen molar-refractivity contribution in [3.63, 3.8) is 0 Å². The molecule has 1 aliphatic rings. The lowest BCUT2D eigenvalue weighted by molar-refractivity contribution is 0.0245. The molecule has 1 saturated carbocycles. The maximum absolute atomic E-state index is 3.58. The first-order chi connectivity index (χ1) is 8.17. The van der Waals surface area contributed by atoms with Crippen molar-refractivity contribution in [3.05, 3.63) is 34.3 Å². The molecule has 2 heteroatoms. The molecule has 0 bridgehead atoms. The van der Waals surface area contributed by atoms with Gasteiger partial charge in [-0.2, -0.15) is 0 Å². The van der Waals surface area contributed by atoms with E-state index in [0.717, 1.165) is 0 Å². The van der Waals surface area contributed by atoms with Crippen LogP contribution in [0.5, 0.6) is 0 Å². The summed E-state index contributed by atoms with van der Waals surface area (Å²) in [5.74, 6) is 0.715. The number of nitrogens with one attached hydrogen (secondary N) is 1. The fourth-order valence-corrected chi connectivity index (χ4v) is 4.04. The van der Waals surface area contributed by atoms with E-state index in [0.29, 0.717) is 17.4 Å². The highest BCUT2D eigenvalue weighted by Crippen LogP contribution is 2.57. The van der Waals surface area contributed by atoms with Crippen molar-refractivity contribution in [1.29, 1.82) is 0 Å². The first-order valence-electron chi connectivity index (χ1n) is 6.60. The van der Waals surface area contributed by atoms with Crippen molar-refractivity contribution < 1.29 is 0 Å². The fraction of sp³-hybridized carbons (Fsp3) is 0.600. The molecule has 1 nitrogen and oxygen atoms in total. The molecule has 0 saturated heterocycles. The van der Waals surface area contributed by atoms with Gasteiger partial charge < -0.3 is 5.32 Å². The first-order valence-corrected chi connectivity index (χ1v) is 7.40. The van der Waals surface area contributed by atoms with Crippen LogP contribution in [0, 0.1) is 5.41 Å². The van der Waals surface area contributed by atoms with E-state index in [1.54, 1.807) is 0 Å². The highest BCUT2D eigenvalue weighted by Gasteiger charge is 2.52. The van der Waals surface area contributed by atoms with Gasteiger partial charge in [-0.25, -0.2) is 0 Å². The Labute approximate surface area is 113 Å². The largest absolute Gasteiger partial charge is 0.316 e. The SMILES string of the molecule is CCC1(CC)C(NC)CC1c1cccc(Br)c1. The fourth-order valence-electron chi connectivity index (χ4n) is 3.62. The maximum atomic E-state index is 3.58. The summed E-state index contributed by atoms with van der Waals surface area (Å²) >= 11 is 3.58. The van der Waals surface area contributed by atoms with Crippen LogP contribution in [0.25, 0.3) is 0 Å². The van der Waals surface area contributed by atoms with E-state index in [-0.39, 0.29) is 0 Å². The lowest BCUT2D eigenvalue weighted by Gasteiger charge is -2.56. The van der Waals surface area contributed by atoms with E-state index in [2.05, 4.69) is 66.4 Å². The van der Waals surface area contributed by atoms with Crippen molar-refractivity contribution >= 4 is 15.9 Å². The summed E-state index contributed by atoms with van der Waals surface area (Å²) in [7, 11) is 2.10. The molecule has 1 fully saturated rings. The molecule has 2 atom stereocenters. The molecule has 0 aromatic heterocycles. The van der Waals surface area contributed by atoms with E-state index in [1.807, 2.05) is 0 Å². The lowest BCUT2D eigenvalue weighted by atomic mass is 9.52. The number of hydrogen-bond acceptors (Lipinski definition) is 1. The summed E-state index contributed by atoms with van der Waals surface area (Å²) in [5.41, 5.74) is 1.95. The van der Waals surface area contributed by atoms with Gasteiger partial charge in [-0.05, 0) is 55.3 Å². The first kappa shape index (κ1) is 13.1. The van der Waals surface area contributed by atoms with E-state index in [9.17, 15) is 0 Å². The van der Waals surface area contributed by atoms with Gasteiger partial charge in [-0.15, -0.1) is 0 Å². The van der Waals surface area contributed by atoms with Crippen molar-refractivity contribution in [2.24, 2.45) is 5.41 Å². The Balaban J connectivity index is 2.28. The third kappa shape index (κ3) is 2.06. The predicted octanol–water partition coefficient (Wildman–Crippen LogP) is 4.33. The van der Waals surface area contributed by atoms with E-state index in [4.69, 9.17) is 0 Å². The van der Waals surface area contributed by atoms with Crippen molar-refractivity contribution in [2.45, 2.75) is 45.1 Å². The van der Waals surface area contributed by atoms with Crippen molar-refractivity contribution in [1.82, 2.24) is 5.32 Å². The summed E-state index contributed by atoms with van der Waals surface area (Å²) in [4.78, 5) is 0. The summed E-state index contributed by atoms with van der Waals surface area (Å²) in [6.07, 6.45) is 3.78. The molecule has 1 aliphatic carbocycles. The van der Waals surface area contributed by atoms with Crippen LogP contribution in [-0.4, -0.2) is 13.1 Å². The lowest BCUT2D eigenvalue weighted by Crippen LogP contribution is -2.57.